The fraction of sp³-hybridized carbons (Fsp3) is 0.421. The Labute approximate surface area is 147 Å². The number of likely N-dealkylation sites (tertiary alicyclic amines) is 1. The highest BCUT2D eigenvalue weighted by atomic mass is 19.1. The van der Waals surface area contributed by atoms with Gasteiger partial charge >= 0.3 is 0 Å². The lowest BCUT2D eigenvalue weighted by atomic mass is 9.91. The van der Waals surface area contributed by atoms with Crippen LogP contribution in [0.2, 0.25) is 0 Å². The van der Waals surface area contributed by atoms with Gasteiger partial charge in [0.25, 0.3) is 0 Å². The minimum Gasteiger partial charge on any atom is -0.341 e. The van der Waals surface area contributed by atoms with E-state index in [0.717, 1.165) is 30.6 Å². The standard InChI is InChI=1S/C19H23FN4O/c1-23(2)13-17(25)24-10-4-6-15(12-24)19-18(21-8-9-22-19)14-5-3-7-16(20)11-14/h3,5,7-9,11,15H,4,6,10,12-13H2,1-2H3/t15-/m1/s1. The number of carbonyl (C=O) groups is 1. The number of benzene rings is 1. The maximum Gasteiger partial charge on any atom is 0.236 e. The molecule has 1 aromatic heterocycles. The van der Waals surface area contributed by atoms with Crippen LogP contribution in [0.5, 0.6) is 0 Å². The lowest BCUT2D eigenvalue weighted by Gasteiger charge is -2.33. The second kappa shape index (κ2) is 7.70. The van der Waals surface area contributed by atoms with Crippen molar-refractivity contribution in [3.05, 3.63) is 48.2 Å². The second-order valence-corrected chi connectivity index (χ2v) is 6.72. The summed E-state index contributed by atoms with van der Waals surface area (Å²) in [6.07, 6.45) is 5.18. The molecule has 0 radical (unpaired) electrons. The Bertz CT molecular complexity index is 750. The van der Waals surface area contributed by atoms with Crippen molar-refractivity contribution in [3.63, 3.8) is 0 Å². The first-order valence-corrected chi connectivity index (χ1v) is 8.54. The van der Waals surface area contributed by atoms with Crippen molar-refractivity contribution in [2.75, 3.05) is 33.7 Å². The van der Waals surface area contributed by atoms with E-state index in [9.17, 15) is 9.18 Å². The zero-order valence-corrected chi connectivity index (χ0v) is 14.7. The van der Waals surface area contributed by atoms with Gasteiger partial charge in [0.2, 0.25) is 5.91 Å². The topological polar surface area (TPSA) is 49.3 Å². The number of aromatic nitrogens is 2. The van der Waals surface area contributed by atoms with Crippen molar-refractivity contribution in [2.24, 2.45) is 0 Å². The third-order valence-electron chi connectivity index (χ3n) is 4.44. The van der Waals surface area contributed by atoms with Gasteiger partial charge in [0, 0.05) is 37.0 Å². The van der Waals surface area contributed by atoms with Gasteiger partial charge in [-0.15, -0.1) is 0 Å². The summed E-state index contributed by atoms with van der Waals surface area (Å²) >= 11 is 0. The average Bonchev–Trinajstić information content (AvgIpc) is 2.61. The van der Waals surface area contributed by atoms with Gasteiger partial charge < -0.3 is 9.80 Å². The molecule has 1 aliphatic heterocycles. The molecule has 5 nitrogen and oxygen atoms in total. The van der Waals surface area contributed by atoms with Gasteiger partial charge in [-0.05, 0) is 39.1 Å². The molecule has 6 heteroatoms. The van der Waals surface area contributed by atoms with Gasteiger partial charge in [-0.1, -0.05) is 12.1 Å². The van der Waals surface area contributed by atoms with Crippen molar-refractivity contribution in [1.82, 2.24) is 19.8 Å². The van der Waals surface area contributed by atoms with Crippen molar-refractivity contribution in [2.45, 2.75) is 18.8 Å². The SMILES string of the molecule is CN(C)CC(=O)N1CCC[C@@H](c2nccnc2-c2cccc(F)c2)C1. The summed E-state index contributed by atoms with van der Waals surface area (Å²) in [6.45, 7) is 1.82. The molecule has 0 aliphatic carbocycles. The Morgan fingerprint density at radius 1 is 1.32 bits per heavy atom. The first-order valence-electron chi connectivity index (χ1n) is 8.54. The molecule has 1 saturated heterocycles. The molecule has 0 unspecified atom stereocenters. The van der Waals surface area contributed by atoms with Crippen molar-refractivity contribution in [1.29, 1.82) is 0 Å². The summed E-state index contributed by atoms with van der Waals surface area (Å²) in [4.78, 5) is 25.1. The van der Waals surface area contributed by atoms with E-state index in [1.165, 1.54) is 12.1 Å². The number of carbonyl (C=O) groups excluding carboxylic acids is 1. The molecule has 0 spiro atoms. The molecule has 0 saturated carbocycles. The Hall–Kier alpha value is -2.34. The Kier molecular flexibility index (Phi) is 5.38. The number of hydrogen-bond acceptors (Lipinski definition) is 4. The quantitative estimate of drug-likeness (QED) is 0.857. The zero-order valence-electron chi connectivity index (χ0n) is 14.7. The molecule has 1 aromatic carbocycles. The predicted octanol–water partition coefficient (Wildman–Crippen LogP) is 2.55. The van der Waals surface area contributed by atoms with Gasteiger partial charge in [-0.25, -0.2) is 4.39 Å². The van der Waals surface area contributed by atoms with E-state index in [1.54, 1.807) is 18.5 Å². The molecular formula is C19H23FN4O. The van der Waals surface area contributed by atoms with Gasteiger partial charge in [-0.2, -0.15) is 0 Å². The summed E-state index contributed by atoms with van der Waals surface area (Å²) < 4.78 is 13.6. The predicted molar refractivity (Wildman–Crippen MR) is 94.5 cm³/mol. The van der Waals surface area contributed by atoms with Crippen LogP contribution in [0, 0.1) is 5.82 Å². The summed E-state index contributed by atoms with van der Waals surface area (Å²) in [6, 6.07) is 6.42. The monoisotopic (exact) mass is 342 g/mol. The van der Waals surface area contributed by atoms with E-state index in [4.69, 9.17) is 0 Å². The highest BCUT2D eigenvalue weighted by Gasteiger charge is 2.28. The Morgan fingerprint density at radius 3 is 2.88 bits per heavy atom. The third-order valence-corrected chi connectivity index (χ3v) is 4.44. The Balaban J connectivity index is 1.85. The molecule has 2 aromatic rings. The fourth-order valence-electron chi connectivity index (χ4n) is 3.30. The molecule has 1 amide bonds. The number of halogens is 1. The molecular weight excluding hydrogens is 319 g/mol. The second-order valence-electron chi connectivity index (χ2n) is 6.72. The highest BCUT2D eigenvalue weighted by Crippen LogP contribution is 2.32. The molecule has 132 valence electrons. The van der Waals surface area contributed by atoms with Crippen LogP contribution >= 0.6 is 0 Å². The average molecular weight is 342 g/mol. The third kappa shape index (κ3) is 4.20. The fourth-order valence-corrected chi connectivity index (χ4v) is 3.30. The first-order chi connectivity index (χ1) is 12.0. The number of likely N-dealkylation sites (N-methyl/N-ethyl adjacent to an activating group) is 1. The molecule has 25 heavy (non-hydrogen) atoms. The minimum atomic E-state index is -0.291. The van der Waals surface area contributed by atoms with E-state index in [0.29, 0.717) is 18.8 Å². The highest BCUT2D eigenvalue weighted by molar-refractivity contribution is 5.78. The van der Waals surface area contributed by atoms with Crippen molar-refractivity contribution < 1.29 is 9.18 Å². The van der Waals surface area contributed by atoms with Crippen molar-refractivity contribution >= 4 is 5.91 Å². The van der Waals surface area contributed by atoms with Crippen LogP contribution in [0.15, 0.2) is 36.7 Å². The summed E-state index contributed by atoms with van der Waals surface area (Å²) in [5.41, 5.74) is 2.27. The van der Waals surface area contributed by atoms with Gasteiger partial charge in [0.1, 0.15) is 5.82 Å². The molecule has 0 bridgehead atoms. The maximum absolute atomic E-state index is 13.6. The maximum atomic E-state index is 13.6. The molecule has 1 atom stereocenters. The van der Waals surface area contributed by atoms with Gasteiger partial charge in [0.15, 0.2) is 0 Å². The van der Waals surface area contributed by atoms with Crippen LogP contribution in [-0.4, -0.2) is 59.4 Å². The normalized spacial score (nSPS) is 17.8. The smallest absolute Gasteiger partial charge is 0.236 e. The van der Waals surface area contributed by atoms with Gasteiger partial charge in [0.05, 0.1) is 17.9 Å². The summed E-state index contributed by atoms with van der Waals surface area (Å²) in [5, 5.41) is 0. The van der Waals surface area contributed by atoms with Crippen molar-refractivity contribution in [3.8, 4) is 11.3 Å². The van der Waals surface area contributed by atoms with E-state index >= 15 is 0 Å². The molecule has 1 aliphatic rings. The molecule has 3 rings (SSSR count). The number of rotatable bonds is 4. The van der Waals surface area contributed by atoms with Crippen LogP contribution in [0.1, 0.15) is 24.5 Å². The van der Waals surface area contributed by atoms with Crippen LogP contribution < -0.4 is 0 Å². The zero-order chi connectivity index (χ0) is 17.8. The number of amides is 1. The summed E-state index contributed by atoms with van der Waals surface area (Å²) in [7, 11) is 3.79. The van der Waals surface area contributed by atoms with Crippen LogP contribution in [0.4, 0.5) is 4.39 Å². The number of piperidine rings is 1. The van der Waals surface area contributed by atoms with E-state index in [1.807, 2.05) is 30.0 Å². The van der Waals surface area contributed by atoms with E-state index in [2.05, 4.69) is 9.97 Å². The summed E-state index contributed by atoms with van der Waals surface area (Å²) in [5.74, 6) is -0.0433. The van der Waals surface area contributed by atoms with Crippen LogP contribution in [0.25, 0.3) is 11.3 Å². The number of nitrogens with zero attached hydrogens (tertiary/aromatic N) is 4. The molecule has 0 N–H and O–H groups in total. The minimum absolute atomic E-state index is 0.117. The largest absolute Gasteiger partial charge is 0.341 e. The number of hydrogen-bond donors (Lipinski definition) is 0. The van der Waals surface area contributed by atoms with E-state index < -0.39 is 0 Å². The van der Waals surface area contributed by atoms with E-state index in [-0.39, 0.29) is 17.6 Å². The molecule has 1 fully saturated rings. The molecule has 2 heterocycles. The van der Waals surface area contributed by atoms with Crippen LogP contribution in [0.3, 0.4) is 0 Å². The van der Waals surface area contributed by atoms with Gasteiger partial charge in [-0.3, -0.25) is 14.8 Å². The Morgan fingerprint density at radius 2 is 2.12 bits per heavy atom. The lowest BCUT2D eigenvalue weighted by molar-refractivity contribution is -0.133. The lowest BCUT2D eigenvalue weighted by Crippen LogP contribution is -2.43. The first kappa shape index (κ1) is 17.5. The van der Waals surface area contributed by atoms with Crippen LogP contribution in [-0.2, 0) is 4.79 Å².